The summed E-state index contributed by atoms with van der Waals surface area (Å²) in [6.45, 7) is 7.02. The van der Waals surface area contributed by atoms with Gasteiger partial charge in [-0.15, -0.1) is 0 Å². The fourth-order valence-electron chi connectivity index (χ4n) is 3.78. The van der Waals surface area contributed by atoms with Gasteiger partial charge in [0.25, 0.3) is 0 Å². The Labute approximate surface area is 113 Å². The second-order valence-electron chi connectivity index (χ2n) is 6.29. The average molecular weight is 253 g/mol. The molecule has 1 saturated carbocycles. The zero-order chi connectivity index (χ0) is 13.0. The minimum absolute atomic E-state index is 0.697. The number of rotatable bonds is 4. The van der Waals surface area contributed by atoms with E-state index in [0.29, 0.717) is 12.1 Å². The maximum Gasteiger partial charge on any atom is 0.0376 e. The van der Waals surface area contributed by atoms with Crippen LogP contribution in [0.5, 0.6) is 0 Å². The second kappa shape index (κ2) is 6.88. The molecule has 2 unspecified atom stereocenters. The minimum Gasteiger partial charge on any atom is -0.312 e. The molecule has 2 fully saturated rings. The predicted octanol–water partition coefficient (Wildman–Crippen LogP) is 1.79. The first-order chi connectivity index (χ1) is 8.72. The lowest BCUT2D eigenvalue weighted by atomic mass is 9.80. The van der Waals surface area contributed by atoms with Gasteiger partial charge in [-0.2, -0.15) is 0 Å². The Morgan fingerprint density at radius 3 is 2.50 bits per heavy atom. The number of nitrogens with one attached hydrogen (secondary N) is 1. The van der Waals surface area contributed by atoms with Crippen molar-refractivity contribution in [1.29, 1.82) is 0 Å². The van der Waals surface area contributed by atoms with Crippen LogP contribution in [0.4, 0.5) is 0 Å². The number of hydrogen-bond donors (Lipinski definition) is 1. The van der Waals surface area contributed by atoms with Crippen molar-refractivity contribution < 1.29 is 0 Å². The van der Waals surface area contributed by atoms with E-state index < -0.39 is 0 Å². The maximum atomic E-state index is 3.80. The van der Waals surface area contributed by atoms with Gasteiger partial charge in [-0.3, -0.25) is 4.90 Å². The molecule has 0 aromatic carbocycles. The Morgan fingerprint density at radius 1 is 1.11 bits per heavy atom. The first-order valence-corrected chi connectivity index (χ1v) is 7.84. The first kappa shape index (κ1) is 14.3. The molecule has 106 valence electrons. The highest BCUT2D eigenvalue weighted by Gasteiger charge is 2.34. The molecule has 1 saturated heterocycles. The Hall–Kier alpha value is -0.120. The monoisotopic (exact) mass is 253 g/mol. The maximum absolute atomic E-state index is 3.80. The summed E-state index contributed by atoms with van der Waals surface area (Å²) in [5, 5.41) is 3.80. The van der Waals surface area contributed by atoms with E-state index in [1.165, 1.54) is 51.7 Å². The van der Waals surface area contributed by atoms with Crippen LogP contribution in [0.15, 0.2) is 0 Å². The molecule has 3 heteroatoms. The molecular weight excluding hydrogens is 222 g/mol. The number of hydrogen-bond acceptors (Lipinski definition) is 3. The zero-order valence-electron chi connectivity index (χ0n) is 12.5. The molecule has 1 heterocycles. The lowest BCUT2D eigenvalue weighted by molar-refractivity contribution is 0.0626. The zero-order valence-corrected chi connectivity index (χ0v) is 12.5. The molecule has 3 nitrogen and oxygen atoms in total. The van der Waals surface area contributed by atoms with E-state index >= 15 is 0 Å². The SMILES string of the molecule is CCNC(C1CCCCC1)C1CN(C)CCN1C. The normalized spacial score (nSPS) is 30.5. The van der Waals surface area contributed by atoms with Crippen molar-refractivity contribution >= 4 is 0 Å². The molecule has 1 aliphatic carbocycles. The van der Waals surface area contributed by atoms with E-state index in [2.05, 4.69) is 36.1 Å². The molecule has 0 aromatic rings. The third kappa shape index (κ3) is 3.46. The topological polar surface area (TPSA) is 18.5 Å². The van der Waals surface area contributed by atoms with E-state index in [-0.39, 0.29) is 0 Å². The van der Waals surface area contributed by atoms with Crippen molar-refractivity contribution in [1.82, 2.24) is 15.1 Å². The van der Waals surface area contributed by atoms with Gasteiger partial charge in [0, 0.05) is 31.7 Å². The van der Waals surface area contributed by atoms with E-state index in [0.717, 1.165) is 12.5 Å². The summed E-state index contributed by atoms with van der Waals surface area (Å²) >= 11 is 0. The molecule has 2 rings (SSSR count). The van der Waals surface area contributed by atoms with E-state index in [1.807, 2.05) is 0 Å². The predicted molar refractivity (Wildman–Crippen MR) is 78.0 cm³/mol. The summed E-state index contributed by atoms with van der Waals surface area (Å²) in [4.78, 5) is 5.08. The molecule has 1 aliphatic heterocycles. The molecule has 18 heavy (non-hydrogen) atoms. The lowest BCUT2D eigenvalue weighted by Gasteiger charge is -2.45. The van der Waals surface area contributed by atoms with Crippen LogP contribution in [0.25, 0.3) is 0 Å². The standard InChI is InChI=1S/C15H31N3/c1-4-16-15(13-8-6-5-7-9-13)14-12-17(2)10-11-18(14)3/h13-16H,4-12H2,1-3H3. The molecule has 0 bridgehead atoms. The van der Waals surface area contributed by atoms with Crippen LogP contribution in [-0.2, 0) is 0 Å². The van der Waals surface area contributed by atoms with E-state index in [1.54, 1.807) is 0 Å². The lowest BCUT2D eigenvalue weighted by Crippen LogP contribution is -2.61. The average Bonchev–Trinajstić information content (AvgIpc) is 2.40. The van der Waals surface area contributed by atoms with Gasteiger partial charge >= 0.3 is 0 Å². The molecule has 2 aliphatic rings. The largest absolute Gasteiger partial charge is 0.312 e. The Bertz CT molecular complexity index is 238. The smallest absolute Gasteiger partial charge is 0.0376 e. The minimum atomic E-state index is 0.697. The second-order valence-corrected chi connectivity index (χ2v) is 6.29. The van der Waals surface area contributed by atoms with Crippen molar-refractivity contribution in [3.8, 4) is 0 Å². The molecule has 0 amide bonds. The Balaban J connectivity index is 2.02. The van der Waals surface area contributed by atoms with Crippen LogP contribution in [0, 0.1) is 5.92 Å². The van der Waals surface area contributed by atoms with Crippen LogP contribution >= 0.6 is 0 Å². The van der Waals surface area contributed by atoms with Crippen molar-refractivity contribution in [3.63, 3.8) is 0 Å². The molecule has 2 atom stereocenters. The van der Waals surface area contributed by atoms with Gasteiger partial charge in [-0.1, -0.05) is 26.2 Å². The summed E-state index contributed by atoms with van der Waals surface area (Å²) in [5.41, 5.74) is 0. The summed E-state index contributed by atoms with van der Waals surface area (Å²) in [7, 11) is 4.58. The van der Waals surface area contributed by atoms with Gasteiger partial charge in [0.1, 0.15) is 0 Å². The van der Waals surface area contributed by atoms with Crippen molar-refractivity contribution in [2.24, 2.45) is 5.92 Å². The van der Waals surface area contributed by atoms with Gasteiger partial charge in [0.2, 0.25) is 0 Å². The van der Waals surface area contributed by atoms with Crippen LogP contribution in [0.2, 0.25) is 0 Å². The molecule has 0 spiro atoms. The third-order valence-corrected chi connectivity index (χ3v) is 4.91. The van der Waals surface area contributed by atoms with Gasteiger partial charge in [-0.05, 0) is 39.4 Å². The molecule has 1 N–H and O–H groups in total. The fraction of sp³-hybridized carbons (Fsp3) is 1.00. The molecule has 0 aromatic heterocycles. The van der Waals surface area contributed by atoms with Crippen LogP contribution in [-0.4, -0.2) is 62.2 Å². The third-order valence-electron chi connectivity index (χ3n) is 4.91. The highest BCUT2D eigenvalue weighted by atomic mass is 15.3. The van der Waals surface area contributed by atoms with Crippen molar-refractivity contribution in [2.45, 2.75) is 51.1 Å². The summed E-state index contributed by atoms with van der Waals surface area (Å²) in [5.74, 6) is 0.901. The van der Waals surface area contributed by atoms with Gasteiger partial charge < -0.3 is 10.2 Å². The van der Waals surface area contributed by atoms with Crippen molar-refractivity contribution in [2.75, 3.05) is 40.3 Å². The quantitative estimate of drug-likeness (QED) is 0.824. The van der Waals surface area contributed by atoms with E-state index in [4.69, 9.17) is 0 Å². The highest BCUT2D eigenvalue weighted by molar-refractivity contribution is 4.93. The summed E-state index contributed by atoms with van der Waals surface area (Å²) in [6, 6.07) is 1.40. The molecular formula is C15H31N3. The first-order valence-electron chi connectivity index (χ1n) is 7.84. The van der Waals surface area contributed by atoms with Crippen LogP contribution < -0.4 is 5.32 Å². The Morgan fingerprint density at radius 2 is 1.83 bits per heavy atom. The Kier molecular flexibility index (Phi) is 5.46. The van der Waals surface area contributed by atoms with Gasteiger partial charge in [0.05, 0.1) is 0 Å². The van der Waals surface area contributed by atoms with Crippen LogP contribution in [0.3, 0.4) is 0 Å². The van der Waals surface area contributed by atoms with Crippen LogP contribution in [0.1, 0.15) is 39.0 Å². The van der Waals surface area contributed by atoms with E-state index in [9.17, 15) is 0 Å². The number of likely N-dealkylation sites (N-methyl/N-ethyl adjacent to an activating group) is 3. The van der Waals surface area contributed by atoms with Gasteiger partial charge in [0.15, 0.2) is 0 Å². The summed E-state index contributed by atoms with van der Waals surface area (Å²) < 4.78 is 0. The van der Waals surface area contributed by atoms with Gasteiger partial charge in [-0.25, -0.2) is 0 Å². The fourth-order valence-corrected chi connectivity index (χ4v) is 3.78. The number of nitrogens with zero attached hydrogens (tertiary/aromatic N) is 2. The molecule has 0 radical (unpaired) electrons. The summed E-state index contributed by atoms with van der Waals surface area (Å²) in [6.07, 6.45) is 7.21. The number of piperazine rings is 1. The highest BCUT2D eigenvalue weighted by Crippen LogP contribution is 2.29. The van der Waals surface area contributed by atoms with Crippen molar-refractivity contribution in [3.05, 3.63) is 0 Å².